The second-order valence-electron chi connectivity index (χ2n) is 16.4. The summed E-state index contributed by atoms with van der Waals surface area (Å²) in [6.45, 7) is 7.86. The van der Waals surface area contributed by atoms with Crippen LogP contribution in [0.1, 0.15) is 157 Å². The number of hydrogen-bond acceptors (Lipinski definition) is 14. The molecule has 0 saturated carbocycles. The molecule has 0 aliphatic carbocycles. The lowest BCUT2D eigenvalue weighted by Gasteiger charge is -2.32. The smallest absolute Gasteiger partial charge is 0.243 e. The Bertz CT molecular complexity index is 1250. The third kappa shape index (κ3) is 27.4. The number of unbranched alkanes of at least 4 members (excludes halogenated alkanes) is 13. The molecule has 11 atom stereocenters. The number of amides is 5. The molecule has 7 unspecified atom stereocenters. The Hall–Kier alpha value is -3.30. The molecule has 0 aromatic heterocycles. The third-order valence-corrected chi connectivity index (χ3v) is 10.5. The lowest BCUT2D eigenvalue weighted by molar-refractivity contribution is -0.134. The Morgan fingerprint density at radius 3 is 1.56 bits per heavy atom. The highest BCUT2D eigenvalue weighted by Gasteiger charge is 2.35. The van der Waals surface area contributed by atoms with Crippen molar-refractivity contribution >= 4 is 35.8 Å². The number of carbonyl (C=O) groups excluding carboxylic acids is 6. The summed E-state index contributed by atoms with van der Waals surface area (Å²) in [4.78, 5) is 76.1. The van der Waals surface area contributed by atoms with Crippen LogP contribution in [0.4, 0.5) is 0 Å². The minimum atomic E-state index is -1.89. The van der Waals surface area contributed by atoms with Crippen LogP contribution in [0.2, 0.25) is 0 Å². The fourth-order valence-corrected chi connectivity index (χ4v) is 6.73. The summed E-state index contributed by atoms with van der Waals surface area (Å²) in [5, 5.41) is 67.7. The number of hydrogen-bond donors (Lipinski definition) is 13. The van der Waals surface area contributed by atoms with Gasteiger partial charge >= 0.3 is 0 Å². The van der Waals surface area contributed by atoms with Crippen molar-refractivity contribution in [3.05, 3.63) is 0 Å². The Morgan fingerprint density at radius 2 is 1.08 bits per heavy atom. The Balaban J connectivity index is 5.40. The first-order chi connectivity index (χ1) is 28.9. The summed E-state index contributed by atoms with van der Waals surface area (Å²) >= 11 is 0. The fraction of sp³-hybridized carbons (Fsp3) is 0.857. The van der Waals surface area contributed by atoms with Crippen molar-refractivity contribution in [1.82, 2.24) is 31.9 Å². The Labute approximate surface area is 363 Å². The molecule has 61 heavy (non-hydrogen) atoms. The van der Waals surface area contributed by atoms with Gasteiger partial charge in [0.1, 0.15) is 36.9 Å². The van der Waals surface area contributed by atoms with Crippen LogP contribution in [-0.2, 0) is 28.8 Å². The van der Waals surface area contributed by atoms with Crippen LogP contribution in [0.15, 0.2) is 0 Å². The van der Waals surface area contributed by atoms with Crippen molar-refractivity contribution < 1.29 is 54.3 Å². The van der Waals surface area contributed by atoms with E-state index in [2.05, 4.69) is 38.8 Å². The SMILES string of the molecule is CCCCCCCCCCCCCCCC(=O)NCC(O)N[C@H](C(=O)N[C@@H](CC(N)C=O)C(=O)NC(CC(N)=O)C(O)N[C@H](C(=O)N[C@@H](CCCC)C(C)O)C(C)O)C(C)O. The van der Waals surface area contributed by atoms with Crippen molar-refractivity contribution in [2.45, 2.75) is 224 Å². The number of aldehydes is 1. The van der Waals surface area contributed by atoms with Gasteiger partial charge in [-0.2, -0.15) is 0 Å². The highest BCUT2D eigenvalue weighted by atomic mass is 16.3. The van der Waals surface area contributed by atoms with E-state index >= 15 is 0 Å². The lowest BCUT2D eigenvalue weighted by atomic mass is 10.0. The molecule has 0 aromatic carbocycles. The van der Waals surface area contributed by atoms with E-state index in [0.717, 1.165) is 25.7 Å². The topological polar surface area (TPSA) is 328 Å². The number of nitrogens with one attached hydrogen (secondary N) is 6. The van der Waals surface area contributed by atoms with Gasteiger partial charge in [0.25, 0.3) is 0 Å². The van der Waals surface area contributed by atoms with Crippen LogP contribution >= 0.6 is 0 Å². The number of primary amides is 1. The first-order valence-electron chi connectivity index (χ1n) is 22.5. The largest absolute Gasteiger partial charge is 0.391 e. The predicted octanol–water partition coefficient (Wildman–Crippen LogP) is -0.284. The monoisotopic (exact) mass is 875 g/mol. The van der Waals surface area contributed by atoms with E-state index in [9.17, 15) is 54.3 Å². The number of aliphatic hydroxyl groups is 5. The highest BCUT2D eigenvalue weighted by molar-refractivity contribution is 5.91. The van der Waals surface area contributed by atoms with Crippen LogP contribution in [0.5, 0.6) is 0 Å². The summed E-state index contributed by atoms with van der Waals surface area (Å²) in [5.41, 5.74) is 11.2. The van der Waals surface area contributed by atoms with E-state index in [1.165, 1.54) is 78.6 Å². The van der Waals surface area contributed by atoms with E-state index in [0.29, 0.717) is 25.5 Å². The molecule has 0 aliphatic heterocycles. The minimum Gasteiger partial charge on any atom is -0.391 e. The molecule has 19 heteroatoms. The molecule has 0 aliphatic rings. The number of aliphatic hydroxyl groups excluding tert-OH is 5. The minimum absolute atomic E-state index is 0.259. The van der Waals surface area contributed by atoms with E-state index in [1.807, 2.05) is 6.92 Å². The van der Waals surface area contributed by atoms with Crippen molar-refractivity contribution in [1.29, 1.82) is 0 Å². The molecular formula is C42H82N8O11. The van der Waals surface area contributed by atoms with E-state index in [-0.39, 0.29) is 18.9 Å². The summed E-state index contributed by atoms with van der Waals surface area (Å²) in [6, 6.07) is -8.11. The second-order valence-corrected chi connectivity index (χ2v) is 16.4. The molecule has 0 fully saturated rings. The van der Waals surface area contributed by atoms with Gasteiger partial charge in [-0.25, -0.2) is 0 Å². The average molecular weight is 875 g/mol. The van der Waals surface area contributed by atoms with Crippen LogP contribution in [0.25, 0.3) is 0 Å². The average Bonchev–Trinajstić information content (AvgIpc) is 3.19. The van der Waals surface area contributed by atoms with Crippen LogP contribution in [0, 0.1) is 0 Å². The molecule has 0 heterocycles. The van der Waals surface area contributed by atoms with E-state index in [1.54, 1.807) is 0 Å². The zero-order valence-electron chi connectivity index (χ0n) is 37.4. The maximum atomic E-state index is 13.6. The van der Waals surface area contributed by atoms with Crippen molar-refractivity contribution in [2.75, 3.05) is 6.54 Å². The molecule has 15 N–H and O–H groups in total. The number of nitrogens with two attached hydrogens (primary N) is 2. The normalized spacial score (nSPS) is 17.0. The lowest BCUT2D eigenvalue weighted by Crippen LogP contribution is -2.63. The molecule has 0 radical (unpaired) electrons. The number of carbonyl (C=O) groups is 6. The zero-order valence-corrected chi connectivity index (χ0v) is 37.4. The molecule has 0 rings (SSSR count). The van der Waals surface area contributed by atoms with E-state index < -0.39 is 103 Å². The van der Waals surface area contributed by atoms with Crippen molar-refractivity contribution in [2.24, 2.45) is 11.5 Å². The molecule has 356 valence electrons. The highest BCUT2D eigenvalue weighted by Crippen LogP contribution is 2.13. The van der Waals surface area contributed by atoms with Crippen LogP contribution < -0.4 is 43.4 Å². The standard InChI is InChI=1S/C42H82N8O11/c1-6-8-10-11-12-13-14-15-16-17-18-19-20-22-35(56)45-25-36(57)49-37(28(4)53)41(60)48-32(23-30(43)26-51)39(58)47-33(24-34(44)55)40(59)50-38(29(5)54)42(61)46-31(27(3)52)21-9-7-2/h26-33,36-38,40,49-50,52-54,57,59H,6-25,43H2,1-5H3,(H2,44,55)(H,45,56)(H,46,61)(H,47,58)(H,48,60)/t27?,28?,29?,30?,31-,32-,33?,36?,37-,38-,40?/m0/s1. The molecule has 0 aromatic rings. The van der Waals surface area contributed by atoms with Crippen molar-refractivity contribution in [3.8, 4) is 0 Å². The van der Waals surface area contributed by atoms with Gasteiger partial charge < -0.3 is 63.1 Å². The molecule has 5 amide bonds. The first-order valence-corrected chi connectivity index (χ1v) is 22.5. The number of rotatable bonds is 38. The summed E-state index contributed by atoms with van der Waals surface area (Å²) in [6.07, 6.45) is 9.41. The summed E-state index contributed by atoms with van der Waals surface area (Å²) in [5.74, 6) is -4.10. The quantitative estimate of drug-likeness (QED) is 0.0216. The van der Waals surface area contributed by atoms with E-state index in [4.69, 9.17) is 11.5 Å². The summed E-state index contributed by atoms with van der Waals surface area (Å²) < 4.78 is 0. The van der Waals surface area contributed by atoms with Gasteiger partial charge in [0.05, 0.1) is 49.4 Å². The van der Waals surface area contributed by atoms with Gasteiger partial charge in [0.2, 0.25) is 29.5 Å². The molecule has 19 nitrogen and oxygen atoms in total. The van der Waals surface area contributed by atoms with Gasteiger partial charge in [-0.05, 0) is 40.0 Å². The van der Waals surface area contributed by atoms with Gasteiger partial charge in [-0.1, -0.05) is 104 Å². The van der Waals surface area contributed by atoms with Gasteiger partial charge in [0, 0.05) is 6.42 Å². The molecular weight excluding hydrogens is 793 g/mol. The predicted molar refractivity (Wildman–Crippen MR) is 232 cm³/mol. The third-order valence-electron chi connectivity index (χ3n) is 10.5. The van der Waals surface area contributed by atoms with Crippen LogP contribution in [0.3, 0.4) is 0 Å². The van der Waals surface area contributed by atoms with Crippen LogP contribution in [-0.4, -0.2) is 135 Å². The summed E-state index contributed by atoms with van der Waals surface area (Å²) in [7, 11) is 0. The maximum Gasteiger partial charge on any atom is 0.243 e. The first kappa shape index (κ1) is 57.7. The van der Waals surface area contributed by atoms with Gasteiger partial charge in [0.15, 0.2) is 0 Å². The Morgan fingerprint density at radius 1 is 0.607 bits per heavy atom. The zero-order chi connectivity index (χ0) is 46.3. The van der Waals surface area contributed by atoms with Gasteiger partial charge in [-0.15, -0.1) is 0 Å². The molecule has 0 bridgehead atoms. The van der Waals surface area contributed by atoms with Gasteiger partial charge in [-0.3, -0.25) is 34.6 Å². The fourth-order valence-electron chi connectivity index (χ4n) is 6.73. The second kappa shape index (κ2) is 34.2. The molecule has 0 saturated heterocycles. The molecule has 0 spiro atoms. The maximum absolute atomic E-state index is 13.6. The Kier molecular flexibility index (Phi) is 32.4. The van der Waals surface area contributed by atoms with Crippen molar-refractivity contribution in [3.63, 3.8) is 0 Å².